The van der Waals surface area contributed by atoms with Crippen LogP contribution in [0.15, 0.2) is 18.2 Å². The van der Waals surface area contributed by atoms with Gasteiger partial charge in [-0.15, -0.1) is 0 Å². The highest BCUT2D eigenvalue weighted by molar-refractivity contribution is 5.95. The number of fused-ring (bicyclic) bond motifs is 3. The molecule has 4 heteroatoms. The monoisotopic (exact) mass is 273 g/mol. The normalized spacial score (nSPS) is 30.3. The maximum absolute atomic E-state index is 12.4. The van der Waals surface area contributed by atoms with E-state index in [9.17, 15) is 4.79 Å². The molecule has 2 bridgehead atoms. The summed E-state index contributed by atoms with van der Waals surface area (Å²) in [5.41, 5.74) is 0.664. The Bertz CT molecular complexity index is 543. The molecule has 1 heterocycles. The zero-order valence-electron chi connectivity index (χ0n) is 11.4. The van der Waals surface area contributed by atoms with Gasteiger partial charge in [-0.1, -0.05) is 6.42 Å². The Morgan fingerprint density at radius 1 is 1.10 bits per heavy atom. The molecule has 106 valence electrons. The van der Waals surface area contributed by atoms with Crippen LogP contribution >= 0.6 is 0 Å². The molecule has 0 radical (unpaired) electrons. The second kappa shape index (κ2) is 4.69. The van der Waals surface area contributed by atoms with Crippen molar-refractivity contribution in [2.75, 3.05) is 13.2 Å². The molecule has 2 saturated carbocycles. The summed E-state index contributed by atoms with van der Waals surface area (Å²) in [5, 5.41) is 3.20. The van der Waals surface area contributed by atoms with Crippen molar-refractivity contribution in [3.63, 3.8) is 0 Å². The minimum absolute atomic E-state index is 0.0134. The summed E-state index contributed by atoms with van der Waals surface area (Å²) in [6.45, 7) is 1.12. The van der Waals surface area contributed by atoms with Crippen LogP contribution < -0.4 is 14.8 Å². The highest BCUT2D eigenvalue weighted by atomic mass is 16.6. The van der Waals surface area contributed by atoms with E-state index in [1.54, 1.807) is 6.07 Å². The average molecular weight is 273 g/mol. The van der Waals surface area contributed by atoms with Crippen molar-refractivity contribution in [2.45, 2.75) is 31.7 Å². The van der Waals surface area contributed by atoms with E-state index in [1.807, 2.05) is 12.1 Å². The number of nitrogens with one attached hydrogen (secondary N) is 1. The van der Waals surface area contributed by atoms with E-state index >= 15 is 0 Å². The van der Waals surface area contributed by atoms with E-state index in [1.165, 1.54) is 19.3 Å². The van der Waals surface area contributed by atoms with Crippen molar-refractivity contribution < 1.29 is 14.3 Å². The van der Waals surface area contributed by atoms with Gasteiger partial charge in [0.1, 0.15) is 13.2 Å². The molecule has 0 unspecified atom stereocenters. The van der Waals surface area contributed by atoms with Crippen molar-refractivity contribution in [1.29, 1.82) is 0 Å². The lowest BCUT2D eigenvalue weighted by Crippen LogP contribution is -2.38. The quantitative estimate of drug-likeness (QED) is 0.900. The molecule has 2 fully saturated rings. The van der Waals surface area contributed by atoms with Gasteiger partial charge in [0.15, 0.2) is 11.5 Å². The summed E-state index contributed by atoms with van der Waals surface area (Å²) in [4.78, 5) is 12.4. The lowest BCUT2D eigenvalue weighted by Gasteiger charge is -2.23. The van der Waals surface area contributed by atoms with E-state index in [0.717, 1.165) is 18.1 Å². The molecule has 3 atom stereocenters. The SMILES string of the molecule is O=C(N[C@H]1C[C@@H]2CC[C@@H]1C2)c1ccc2c(c1)OCCO2. The van der Waals surface area contributed by atoms with Crippen LogP contribution in [0, 0.1) is 11.8 Å². The largest absolute Gasteiger partial charge is 0.486 e. The van der Waals surface area contributed by atoms with Crippen molar-refractivity contribution in [2.24, 2.45) is 11.8 Å². The lowest BCUT2D eigenvalue weighted by atomic mass is 9.95. The first kappa shape index (κ1) is 12.1. The molecule has 1 aromatic carbocycles. The zero-order valence-corrected chi connectivity index (χ0v) is 11.4. The summed E-state index contributed by atoms with van der Waals surface area (Å²) in [6, 6.07) is 5.80. The molecule has 20 heavy (non-hydrogen) atoms. The first-order chi connectivity index (χ1) is 9.79. The van der Waals surface area contributed by atoms with Gasteiger partial charge < -0.3 is 14.8 Å². The summed E-state index contributed by atoms with van der Waals surface area (Å²) in [5.74, 6) is 2.95. The molecule has 0 saturated heterocycles. The number of carbonyl (C=O) groups excluding carboxylic acids is 1. The molecule has 4 rings (SSSR count). The molecular weight excluding hydrogens is 254 g/mol. The van der Waals surface area contributed by atoms with Crippen LogP contribution in [0.25, 0.3) is 0 Å². The Labute approximate surface area is 118 Å². The van der Waals surface area contributed by atoms with Crippen LogP contribution in [0.2, 0.25) is 0 Å². The molecule has 2 aliphatic carbocycles. The highest BCUT2D eigenvalue weighted by Crippen LogP contribution is 2.44. The fraction of sp³-hybridized carbons (Fsp3) is 0.562. The molecule has 1 aromatic rings. The van der Waals surface area contributed by atoms with Crippen molar-refractivity contribution >= 4 is 5.91 Å². The van der Waals surface area contributed by atoms with Crippen LogP contribution in [-0.4, -0.2) is 25.2 Å². The van der Waals surface area contributed by atoms with Crippen LogP contribution in [0.1, 0.15) is 36.0 Å². The van der Waals surface area contributed by atoms with Gasteiger partial charge in [0, 0.05) is 11.6 Å². The summed E-state index contributed by atoms with van der Waals surface area (Å²) in [7, 11) is 0. The van der Waals surface area contributed by atoms with Gasteiger partial charge in [-0.05, 0) is 49.3 Å². The zero-order chi connectivity index (χ0) is 13.5. The molecular formula is C16H19NO3. The first-order valence-electron chi connectivity index (χ1n) is 7.50. The smallest absolute Gasteiger partial charge is 0.251 e. The summed E-state index contributed by atoms with van der Waals surface area (Å²) in [6.07, 6.45) is 5.07. The molecule has 1 amide bonds. The fourth-order valence-corrected chi connectivity index (χ4v) is 3.86. The van der Waals surface area contributed by atoms with E-state index in [-0.39, 0.29) is 5.91 Å². The average Bonchev–Trinajstić information content (AvgIpc) is 3.09. The van der Waals surface area contributed by atoms with E-state index in [0.29, 0.717) is 36.5 Å². The van der Waals surface area contributed by atoms with Gasteiger partial charge in [0.05, 0.1) is 0 Å². The van der Waals surface area contributed by atoms with Crippen LogP contribution in [-0.2, 0) is 0 Å². The Kier molecular flexibility index (Phi) is 2.83. The number of rotatable bonds is 2. The lowest BCUT2D eigenvalue weighted by molar-refractivity contribution is 0.0921. The minimum atomic E-state index is 0.0134. The van der Waals surface area contributed by atoms with E-state index < -0.39 is 0 Å². The van der Waals surface area contributed by atoms with E-state index in [2.05, 4.69) is 5.32 Å². The summed E-state index contributed by atoms with van der Waals surface area (Å²) >= 11 is 0. The minimum Gasteiger partial charge on any atom is -0.486 e. The maximum Gasteiger partial charge on any atom is 0.251 e. The molecule has 0 aromatic heterocycles. The number of carbonyl (C=O) groups is 1. The Morgan fingerprint density at radius 2 is 1.95 bits per heavy atom. The van der Waals surface area contributed by atoms with Crippen molar-refractivity contribution in [3.8, 4) is 11.5 Å². The van der Waals surface area contributed by atoms with Gasteiger partial charge in [0.2, 0.25) is 0 Å². The van der Waals surface area contributed by atoms with Gasteiger partial charge >= 0.3 is 0 Å². The second-order valence-corrected chi connectivity index (χ2v) is 6.11. The number of amides is 1. The number of hydrogen-bond donors (Lipinski definition) is 1. The maximum atomic E-state index is 12.4. The standard InChI is InChI=1S/C16H19NO3/c18-16(17-13-8-10-1-2-11(13)7-10)12-3-4-14-15(9-12)20-6-5-19-14/h3-4,9-11,13H,1-2,5-8H2,(H,17,18)/t10-,11-,13+/m1/s1. The third kappa shape index (κ3) is 2.03. The molecule has 0 spiro atoms. The Morgan fingerprint density at radius 3 is 2.70 bits per heavy atom. The molecule has 4 nitrogen and oxygen atoms in total. The number of hydrogen-bond acceptors (Lipinski definition) is 3. The van der Waals surface area contributed by atoms with Gasteiger partial charge in [-0.25, -0.2) is 0 Å². The van der Waals surface area contributed by atoms with Crippen molar-refractivity contribution in [3.05, 3.63) is 23.8 Å². The third-order valence-electron chi connectivity index (χ3n) is 4.86. The molecule has 1 N–H and O–H groups in total. The highest BCUT2D eigenvalue weighted by Gasteiger charge is 2.40. The van der Waals surface area contributed by atoms with Crippen LogP contribution in [0.5, 0.6) is 11.5 Å². The van der Waals surface area contributed by atoms with Crippen LogP contribution in [0.4, 0.5) is 0 Å². The second-order valence-electron chi connectivity index (χ2n) is 6.11. The molecule has 3 aliphatic rings. The Hall–Kier alpha value is -1.71. The van der Waals surface area contributed by atoms with Gasteiger partial charge in [0.25, 0.3) is 5.91 Å². The molecule has 1 aliphatic heterocycles. The summed E-state index contributed by atoms with van der Waals surface area (Å²) < 4.78 is 11.0. The van der Waals surface area contributed by atoms with Gasteiger partial charge in [-0.2, -0.15) is 0 Å². The third-order valence-corrected chi connectivity index (χ3v) is 4.86. The topological polar surface area (TPSA) is 47.6 Å². The van der Waals surface area contributed by atoms with Crippen molar-refractivity contribution in [1.82, 2.24) is 5.32 Å². The number of ether oxygens (including phenoxy) is 2. The first-order valence-corrected chi connectivity index (χ1v) is 7.50. The predicted molar refractivity (Wildman–Crippen MR) is 74.1 cm³/mol. The fourth-order valence-electron chi connectivity index (χ4n) is 3.86. The van der Waals surface area contributed by atoms with Crippen LogP contribution in [0.3, 0.4) is 0 Å². The number of benzene rings is 1. The predicted octanol–water partition coefficient (Wildman–Crippen LogP) is 2.38. The Balaban J connectivity index is 1.48. The van der Waals surface area contributed by atoms with E-state index in [4.69, 9.17) is 9.47 Å². The van der Waals surface area contributed by atoms with Gasteiger partial charge in [-0.3, -0.25) is 4.79 Å².